The molecule has 0 unspecified atom stereocenters. The Morgan fingerprint density at radius 2 is 2.00 bits per heavy atom. The second-order valence-electron chi connectivity index (χ2n) is 4.55. The van der Waals surface area contributed by atoms with Crippen molar-refractivity contribution < 1.29 is 19.8 Å². The maximum Gasteiger partial charge on any atom is 0.329 e. The van der Waals surface area contributed by atoms with Crippen LogP contribution in [0.2, 0.25) is 0 Å². The molecule has 19 heavy (non-hydrogen) atoms. The predicted octanol–water partition coefficient (Wildman–Crippen LogP) is 1.61. The number of benzene rings is 1. The Labute approximate surface area is 115 Å². The Bertz CT molecular complexity index is 499. The molecular formula is C13H15NO4S. The zero-order valence-electron chi connectivity index (χ0n) is 10.3. The van der Waals surface area contributed by atoms with E-state index in [2.05, 4.69) is 5.32 Å². The van der Waals surface area contributed by atoms with Crippen LogP contribution >= 0.6 is 11.8 Å². The number of rotatable bonds is 5. The number of para-hydroxylation sites is 1. The van der Waals surface area contributed by atoms with E-state index in [1.165, 1.54) is 11.8 Å². The summed E-state index contributed by atoms with van der Waals surface area (Å²) in [7, 11) is 0. The summed E-state index contributed by atoms with van der Waals surface area (Å²) < 4.78 is 0. The summed E-state index contributed by atoms with van der Waals surface area (Å²) in [5, 5.41) is 21.2. The molecule has 1 aliphatic rings. The first kappa shape index (κ1) is 13.7. The van der Waals surface area contributed by atoms with Gasteiger partial charge < -0.3 is 15.5 Å². The summed E-state index contributed by atoms with van der Waals surface area (Å²) in [5.41, 5.74) is -1.07. The van der Waals surface area contributed by atoms with E-state index in [0.717, 1.165) is 6.42 Å². The van der Waals surface area contributed by atoms with E-state index in [0.29, 0.717) is 17.7 Å². The number of phenolic OH excluding ortho intramolecular Hbond substituents is 1. The Kier molecular flexibility index (Phi) is 3.99. The molecule has 1 aromatic carbocycles. The van der Waals surface area contributed by atoms with Gasteiger partial charge in [0, 0.05) is 4.90 Å². The van der Waals surface area contributed by atoms with Crippen LogP contribution in [-0.4, -0.2) is 33.4 Å². The van der Waals surface area contributed by atoms with Crippen LogP contribution in [0.3, 0.4) is 0 Å². The van der Waals surface area contributed by atoms with E-state index in [-0.39, 0.29) is 17.4 Å². The molecule has 0 spiro atoms. The van der Waals surface area contributed by atoms with E-state index in [4.69, 9.17) is 5.11 Å². The van der Waals surface area contributed by atoms with Gasteiger partial charge in [-0.05, 0) is 31.4 Å². The van der Waals surface area contributed by atoms with E-state index in [1.807, 2.05) is 0 Å². The van der Waals surface area contributed by atoms with Crippen molar-refractivity contribution >= 4 is 23.6 Å². The largest absolute Gasteiger partial charge is 0.507 e. The third-order valence-corrected chi connectivity index (χ3v) is 4.28. The van der Waals surface area contributed by atoms with Crippen molar-refractivity contribution in [1.82, 2.24) is 5.32 Å². The topological polar surface area (TPSA) is 86.6 Å². The molecule has 3 N–H and O–H groups in total. The van der Waals surface area contributed by atoms with Gasteiger partial charge in [0.1, 0.15) is 11.3 Å². The standard InChI is InChI=1S/C13H15NO4S/c15-9-4-1-2-5-10(9)19-8-11(16)14-13(12(17)18)6-3-7-13/h1-2,4-5,15H,3,6-8H2,(H,14,16)(H,17,18). The van der Waals surface area contributed by atoms with Crippen LogP contribution in [0.15, 0.2) is 29.2 Å². The molecule has 2 rings (SSSR count). The van der Waals surface area contributed by atoms with Crippen LogP contribution in [0.4, 0.5) is 0 Å². The van der Waals surface area contributed by atoms with Gasteiger partial charge in [0.2, 0.25) is 5.91 Å². The van der Waals surface area contributed by atoms with Crippen LogP contribution < -0.4 is 5.32 Å². The predicted molar refractivity (Wildman–Crippen MR) is 71.2 cm³/mol. The summed E-state index contributed by atoms with van der Waals surface area (Å²) in [6.45, 7) is 0. The second kappa shape index (κ2) is 5.52. The number of aromatic hydroxyl groups is 1. The normalized spacial score (nSPS) is 16.4. The molecule has 0 aliphatic heterocycles. The Balaban J connectivity index is 1.89. The lowest BCUT2D eigenvalue weighted by atomic mass is 9.77. The van der Waals surface area contributed by atoms with Gasteiger partial charge in [0.25, 0.3) is 0 Å². The van der Waals surface area contributed by atoms with Gasteiger partial charge in [-0.1, -0.05) is 12.1 Å². The summed E-state index contributed by atoms with van der Waals surface area (Å²) in [6, 6.07) is 6.73. The van der Waals surface area contributed by atoms with E-state index in [1.54, 1.807) is 24.3 Å². The molecule has 0 saturated heterocycles. The Morgan fingerprint density at radius 1 is 1.32 bits per heavy atom. The van der Waals surface area contributed by atoms with E-state index >= 15 is 0 Å². The Morgan fingerprint density at radius 3 is 2.53 bits per heavy atom. The fourth-order valence-electron chi connectivity index (χ4n) is 1.95. The zero-order chi connectivity index (χ0) is 13.9. The lowest BCUT2D eigenvalue weighted by Crippen LogP contribution is -2.59. The zero-order valence-corrected chi connectivity index (χ0v) is 11.1. The van der Waals surface area contributed by atoms with E-state index in [9.17, 15) is 14.7 Å². The highest BCUT2D eigenvalue weighted by molar-refractivity contribution is 8.00. The first-order valence-electron chi connectivity index (χ1n) is 5.99. The number of amides is 1. The van der Waals surface area contributed by atoms with Crippen LogP contribution in [-0.2, 0) is 9.59 Å². The van der Waals surface area contributed by atoms with Crippen molar-refractivity contribution in [2.24, 2.45) is 0 Å². The molecule has 6 heteroatoms. The van der Waals surface area contributed by atoms with Gasteiger partial charge in [-0.2, -0.15) is 0 Å². The molecule has 102 valence electrons. The van der Waals surface area contributed by atoms with Gasteiger partial charge in [0.15, 0.2) is 0 Å². The quantitative estimate of drug-likeness (QED) is 0.714. The van der Waals surface area contributed by atoms with Crippen molar-refractivity contribution in [2.45, 2.75) is 29.7 Å². The van der Waals surface area contributed by atoms with Crippen molar-refractivity contribution in [3.63, 3.8) is 0 Å². The number of carboxylic acids is 1. The van der Waals surface area contributed by atoms with Gasteiger partial charge >= 0.3 is 5.97 Å². The smallest absolute Gasteiger partial charge is 0.329 e. The minimum Gasteiger partial charge on any atom is -0.507 e. The molecule has 0 atom stereocenters. The Hall–Kier alpha value is -1.69. The average Bonchev–Trinajstić information content (AvgIpc) is 2.32. The lowest BCUT2D eigenvalue weighted by Gasteiger charge is -2.38. The number of nitrogens with one attached hydrogen (secondary N) is 1. The highest BCUT2D eigenvalue weighted by atomic mass is 32.2. The highest BCUT2D eigenvalue weighted by Gasteiger charge is 2.45. The first-order valence-corrected chi connectivity index (χ1v) is 6.97. The fraction of sp³-hybridized carbons (Fsp3) is 0.385. The number of carbonyl (C=O) groups excluding carboxylic acids is 1. The molecule has 0 aromatic heterocycles. The number of hydrogen-bond donors (Lipinski definition) is 3. The van der Waals surface area contributed by atoms with Gasteiger partial charge in [-0.3, -0.25) is 4.79 Å². The van der Waals surface area contributed by atoms with Crippen LogP contribution in [0, 0.1) is 0 Å². The van der Waals surface area contributed by atoms with E-state index < -0.39 is 11.5 Å². The fourth-order valence-corrected chi connectivity index (χ4v) is 2.70. The summed E-state index contributed by atoms with van der Waals surface area (Å²) in [5.74, 6) is -1.08. The molecule has 1 aliphatic carbocycles. The molecule has 0 heterocycles. The minimum absolute atomic E-state index is 0.0899. The summed E-state index contributed by atoms with van der Waals surface area (Å²) >= 11 is 1.19. The monoisotopic (exact) mass is 281 g/mol. The SMILES string of the molecule is O=C(CSc1ccccc1O)NC1(C(=O)O)CCC1. The number of hydrogen-bond acceptors (Lipinski definition) is 4. The van der Waals surface area contributed by atoms with Crippen LogP contribution in [0.1, 0.15) is 19.3 Å². The maximum absolute atomic E-state index is 11.8. The third-order valence-electron chi connectivity index (χ3n) is 3.22. The van der Waals surface area contributed by atoms with Gasteiger partial charge in [-0.15, -0.1) is 11.8 Å². The number of aliphatic carboxylic acids is 1. The number of thioether (sulfide) groups is 1. The van der Waals surface area contributed by atoms with Crippen molar-refractivity contribution in [1.29, 1.82) is 0 Å². The van der Waals surface area contributed by atoms with Crippen molar-refractivity contribution in [2.75, 3.05) is 5.75 Å². The average molecular weight is 281 g/mol. The molecule has 0 radical (unpaired) electrons. The molecule has 1 aromatic rings. The summed E-state index contributed by atoms with van der Waals surface area (Å²) in [4.78, 5) is 23.5. The molecule has 1 amide bonds. The molecule has 1 fully saturated rings. The minimum atomic E-state index is -1.07. The molecule has 1 saturated carbocycles. The molecule has 5 nitrogen and oxygen atoms in total. The third kappa shape index (κ3) is 3.01. The number of carboxylic acid groups (broad SMARTS) is 1. The van der Waals surface area contributed by atoms with Crippen molar-refractivity contribution in [3.05, 3.63) is 24.3 Å². The van der Waals surface area contributed by atoms with Gasteiger partial charge in [0.05, 0.1) is 5.75 Å². The van der Waals surface area contributed by atoms with Gasteiger partial charge in [-0.25, -0.2) is 4.79 Å². The van der Waals surface area contributed by atoms with Crippen molar-refractivity contribution in [3.8, 4) is 5.75 Å². The summed E-state index contributed by atoms with van der Waals surface area (Å²) in [6.07, 6.45) is 1.78. The molecule has 0 bridgehead atoms. The maximum atomic E-state index is 11.8. The first-order chi connectivity index (χ1) is 9.03. The lowest BCUT2D eigenvalue weighted by molar-refractivity contribution is -0.151. The van der Waals surface area contributed by atoms with Crippen LogP contribution in [0.25, 0.3) is 0 Å². The number of carbonyl (C=O) groups is 2. The second-order valence-corrected chi connectivity index (χ2v) is 5.56. The highest BCUT2D eigenvalue weighted by Crippen LogP contribution is 2.32. The van der Waals surface area contributed by atoms with Crippen LogP contribution in [0.5, 0.6) is 5.75 Å². The molecular weight excluding hydrogens is 266 g/mol. The number of phenols is 1.